The van der Waals surface area contributed by atoms with Gasteiger partial charge < -0.3 is 14.6 Å². The van der Waals surface area contributed by atoms with Crippen LogP contribution < -0.4 is 9.64 Å². The molecule has 5 nitrogen and oxygen atoms in total. The Morgan fingerprint density at radius 3 is 2.44 bits per heavy atom. The van der Waals surface area contributed by atoms with Crippen LogP contribution in [0.25, 0.3) is 22.6 Å². The number of aromatic amines is 1. The zero-order chi connectivity index (χ0) is 18.4. The Hall–Kier alpha value is -2.77. The second-order valence-corrected chi connectivity index (χ2v) is 5.89. The van der Waals surface area contributed by atoms with Crippen LogP contribution in [0, 0.1) is 6.92 Å². The van der Waals surface area contributed by atoms with Gasteiger partial charge in [-0.05, 0) is 36.8 Å². The van der Waals surface area contributed by atoms with Crippen LogP contribution in [-0.2, 0) is 6.18 Å². The molecule has 0 spiro atoms. The van der Waals surface area contributed by atoms with Crippen molar-refractivity contribution in [3.63, 3.8) is 0 Å². The van der Waals surface area contributed by atoms with Crippen molar-refractivity contribution in [3.05, 3.63) is 35.4 Å². The standard InChI is InChI=1S/C17H17F3N4O/c1-9-7-10(17(18,19)20)8-12(25-4)14(9)16-21-11-5-6-13(24(2)3)22-15(11)23-16/h5-8H,1-4H3,(H,21,22,23). The van der Waals surface area contributed by atoms with E-state index in [1.54, 1.807) is 6.92 Å². The van der Waals surface area contributed by atoms with Crippen molar-refractivity contribution in [2.45, 2.75) is 13.1 Å². The number of aryl methyl sites for hydroxylation is 1. The summed E-state index contributed by atoms with van der Waals surface area (Å²) in [5.41, 5.74) is 1.33. The first kappa shape index (κ1) is 17.1. The van der Waals surface area contributed by atoms with Gasteiger partial charge in [0.25, 0.3) is 0 Å². The molecule has 0 bridgehead atoms. The summed E-state index contributed by atoms with van der Waals surface area (Å²) in [6.07, 6.45) is -4.44. The average Bonchev–Trinajstić information content (AvgIpc) is 2.95. The molecule has 2 aromatic heterocycles. The minimum absolute atomic E-state index is 0.110. The molecule has 0 aliphatic carbocycles. The summed E-state index contributed by atoms with van der Waals surface area (Å²) < 4.78 is 44.2. The predicted octanol–water partition coefficient (Wildman–Crippen LogP) is 4.03. The first-order valence-electron chi connectivity index (χ1n) is 7.51. The van der Waals surface area contributed by atoms with Gasteiger partial charge in [0.1, 0.15) is 17.4 Å². The van der Waals surface area contributed by atoms with Crippen LogP contribution in [0.3, 0.4) is 0 Å². The van der Waals surface area contributed by atoms with E-state index in [1.165, 1.54) is 7.11 Å². The van der Waals surface area contributed by atoms with Gasteiger partial charge in [-0.2, -0.15) is 13.2 Å². The fraction of sp³-hybridized carbons (Fsp3) is 0.294. The molecule has 0 unspecified atom stereocenters. The zero-order valence-electron chi connectivity index (χ0n) is 14.2. The highest BCUT2D eigenvalue weighted by atomic mass is 19.4. The van der Waals surface area contributed by atoms with E-state index in [2.05, 4.69) is 15.0 Å². The molecule has 25 heavy (non-hydrogen) atoms. The molecule has 0 saturated heterocycles. The Kier molecular flexibility index (Phi) is 4.06. The Morgan fingerprint density at radius 2 is 1.84 bits per heavy atom. The van der Waals surface area contributed by atoms with Crippen molar-refractivity contribution < 1.29 is 17.9 Å². The van der Waals surface area contributed by atoms with E-state index in [1.807, 2.05) is 31.1 Å². The molecule has 3 rings (SSSR count). The molecule has 8 heteroatoms. The molecule has 1 aromatic carbocycles. The molecule has 0 radical (unpaired) electrons. The molecule has 2 heterocycles. The molecular weight excluding hydrogens is 333 g/mol. The smallest absolute Gasteiger partial charge is 0.416 e. The summed E-state index contributed by atoms with van der Waals surface area (Å²) in [6.45, 7) is 1.60. The van der Waals surface area contributed by atoms with Crippen molar-refractivity contribution in [2.75, 3.05) is 26.1 Å². The van der Waals surface area contributed by atoms with Crippen molar-refractivity contribution in [3.8, 4) is 17.1 Å². The molecule has 0 aliphatic heterocycles. The number of ether oxygens (including phenoxy) is 1. The summed E-state index contributed by atoms with van der Waals surface area (Å²) in [5.74, 6) is 1.27. The summed E-state index contributed by atoms with van der Waals surface area (Å²) >= 11 is 0. The summed E-state index contributed by atoms with van der Waals surface area (Å²) in [4.78, 5) is 13.8. The van der Waals surface area contributed by atoms with E-state index in [9.17, 15) is 13.2 Å². The third-order valence-electron chi connectivity index (χ3n) is 3.87. The molecule has 3 aromatic rings. The van der Waals surface area contributed by atoms with Crippen molar-refractivity contribution in [2.24, 2.45) is 0 Å². The Labute approximate surface area is 142 Å². The molecule has 0 atom stereocenters. The minimum atomic E-state index is -4.44. The maximum Gasteiger partial charge on any atom is 0.416 e. The third-order valence-corrected chi connectivity index (χ3v) is 3.87. The number of rotatable bonds is 3. The number of benzene rings is 1. The van der Waals surface area contributed by atoms with Gasteiger partial charge in [0.15, 0.2) is 5.65 Å². The summed E-state index contributed by atoms with van der Waals surface area (Å²) in [6, 6.07) is 5.74. The predicted molar refractivity (Wildman–Crippen MR) is 89.9 cm³/mol. The first-order valence-corrected chi connectivity index (χ1v) is 7.51. The average molecular weight is 350 g/mol. The Morgan fingerprint density at radius 1 is 1.12 bits per heavy atom. The SMILES string of the molecule is COc1cc(C(F)(F)F)cc(C)c1-c1nc2nc(N(C)C)ccc2[nH]1. The Balaban J connectivity index is 2.17. The van der Waals surface area contributed by atoms with Crippen LogP contribution in [0.2, 0.25) is 0 Å². The lowest BCUT2D eigenvalue weighted by Gasteiger charge is -2.14. The van der Waals surface area contributed by atoms with E-state index in [0.29, 0.717) is 28.1 Å². The minimum Gasteiger partial charge on any atom is -0.496 e. The van der Waals surface area contributed by atoms with E-state index in [-0.39, 0.29) is 5.75 Å². The normalized spacial score (nSPS) is 11.8. The van der Waals surface area contributed by atoms with Crippen molar-refractivity contribution >= 4 is 17.0 Å². The highest BCUT2D eigenvalue weighted by molar-refractivity contribution is 5.80. The molecule has 0 fully saturated rings. The quantitative estimate of drug-likeness (QED) is 0.775. The fourth-order valence-electron chi connectivity index (χ4n) is 2.63. The number of H-pyrrole nitrogens is 1. The highest BCUT2D eigenvalue weighted by Gasteiger charge is 2.32. The molecular formula is C17H17F3N4O. The van der Waals surface area contributed by atoms with Crippen LogP contribution in [0.15, 0.2) is 24.3 Å². The summed E-state index contributed by atoms with van der Waals surface area (Å²) in [7, 11) is 5.07. The van der Waals surface area contributed by atoms with Gasteiger partial charge in [-0.25, -0.2) is 9.97 Å². The van der Waals surface area contributed by atoms with Crippen LogP contribution >= 0.6 is 0 Å². The second-order valence-electron chi connectivity index (χ2n) is 5.89. The molecule has 0 saturated carbocycles. The van der Waals surface area contributed by atoms with Crippen LogP contribution in [0.5, 0.6) is 5.75 Å². The van der Waals surface area contributed by atoms with Crippen LogP contribution in [0.4, 0.5) is 19.0 Å². The number of aromatic nitrogens is 3. The number of nitrogens with one attached hydrogen (secondary N) is 1. The number of fused-ring (bicyclic) bond motifs is 1. The number of hydrogen-bond donors (Lipinski definition) is 1. The fourth-order valence-corrected chi connectivity index (χ4v) is 2.63. The maximum absolute atomic E-state index is 13.0. The zero-order valence-corrected chi connectivity index (χ0v) is 14.2. The van der Waals surface area contributed by atoms with Crippen LogP contribution in [0.1, 0.15) is 11.1 Å². The van der Waals surface area contributed by atoms with E-state index >= 15 is 0 Å². The third kappa shape index (κ3) is 3.11. The molecule has 132 valence electrons. The number of alkyl halides is 3. The lowest BCUT2D eigenvalue weighted by molar-refractivity contribution is -0.137. The largest absolute Gasteiger partial charge is 0.496 e. The monoisotopic (exact) mass is 350 g/mol. The lowest BCUT2D eigenvalue weighted by Crippen LogP contribution is -2.10. The first-order chi connectivity index (χ1) is 11.7. The number of hydrogen-bond acceptors (Lipinski definition) is 4. The van der Waals surface area contributed by atoms with Gasteiger partial charge in [0, 0.05) is 14.1 Å². The number of pyridine rings is 1. The van der Waals surface area contributed by atoms with Gasteiger partial charge >= 0.3 is 6.18 Å². The van der Waals surface area contributed by atoms with Crippen LogP contribution in [-0.4, -0.2) is 36.2 Å². The highest BCUT2D eigenvalue weighted by Crippen LogP contribution is 2.39. The second kappa shape index (κ2) is 5.94. The number of anilines is 1. The van der Waals surface area contributed by atoms with E-state index in [4.69, 9.17) is 4.74 Å². The number of methoxy groups -OCH3 is 1. The van der Waals surface area contributed by atoms with Gasteiger partial charge in [0.05, 0.1) is 23.8 Å². The van der Waals surface area contributed by atoms with Gasteiger partial charge in [-0.15, -0.1) is 0 Å². The number of nitrogens with zero attached hydrogens (tertiary/aromatic N) is 3. The molecule has 0 aliphatic rings. The Bertz CT molecular complexity index is 932. The lowest BCUT2D eigenvalue weighted by atomic mass is 10.0. The maximum atomic E-state index is 13.0. The summed E-state index contributed by atoms with van der Waals surface area (Å²) in [5, 5.41) is 0. The van der Waals surface area contributed by atoms with Gasteiger partial charge in [0.2, 0.25) is 0 Å². The molecule has 1 N–H and O–H groups in total. The van der Waals surface area contributed by atoms with E-state index in [0.717, 1.165) is 18.0 Å². The van der Waals surface area contributed by atoms with Crippen molar-refractivity contribution in [1.82, 2.24) is 15.0 Å². The topological polar surface area (TPSA) is 54.0 Å². The van der Waals surface area contributed by atoms with Crippen molar-refractivity contribution in [1.29, 1.82) is 0 Å². The number of halogens is 3. The van der Waals surface area contributed by atoms with Gasteiger partial charge in [-0.3, -0.25) is 0 Å². The van der Waals surface area contributed by atoms with Gasteiger partial charge in [-0.1, -0.05) is 0 Å². The number of imidazole rings is 1. The van der Waals surface area contributed by atoms with E-state index < -0.39 is 11.7 Å². The molecule has 0 amide bonds.